The summed E-state index contributed by atoms with van der Waals surface area (Å²) in [5.74, 6) is 0.736. The Labute approximate surface area is 75.7 Å². The molecule has 3 nitrogen and oxygen atoms in total. The van der Waals surface area contributed by atoms with Crippen molar-refractivity contribution in [1.29, 1.82) is 0 Å². The molecule has 0 amide bonds. The fourth-order valence-electron chi connectivity index (χ4n) is 0.932. The normalized spacial score (nSPS) is 16.0. The third kappa shape index (κ3) is 6.58. The Morgan fingerprint density at radius 2 is 2.08 bits per heavy atom. The molecule has 0 spiro atoms. The fraction of sp³-hybridized carbons (Fsp3) is 1.00. The Balaban J connectivity index is 3.18. The third-order valence-electron chi connectivity index (χ3n) is 1.98. The highest BCUT2D eigenvalue weighted by Gasteiger charge is 2.02. The van der Waals surface area contributed by atoms with Crippen LogP contribution in [0.1, 0.15) is 20.3 Å². The molecule has 3 heteroatoms. The van der Waals surface area contributed by atoms with Crippen LogP contribution in [0, 0.1) is 5.92 Å². The first-order valence-corrected chi connectivity index (χ1v) is 4.65. The van der Waals surface area contributed by atoms with Gasteiger partial charge in [-0.05, 0) is 12.5 Å². The van der Waals surface area contributed by atoms with E-state index in [9.17, 15) is 0 Å². The van der Waals surface area contributed by atoms with Crippen LogP contribution < -0.4 is 11.1 Å². The predicted molar refractivity (Wildman–Crippen MR) is 52.2 cm³/mol. The monoisotopic (exact) mass is 174 g/mol. The SMILES string of the molecule is CCC(C)CNCC(N)COC. The zero-order chi connectivity index (χ0) is 9.40. The molecule has 0 rings (SSSR count). The van der Waals surface area contributed by atoms with Gasteiger partial charge in [-0.2, -0.15) is 0 Å². The zero-order valence-electron chi connectivity index (χ0n) is 8.47. The maximum Gasteiger partial charge on any atom is 0.0626 e. The largest absolute Gasteiger partial charge is 0.383 e. The van der Waals surface area contributed by atoms with Gasteiger partial charge in [-0.15, -0.1) is 0 Å². The maximum atomic E-state index is 5.72. The van der Waals surface area contributed by atoms with Crippen molar-refractivity contribution in [3.8, 4) is 0 Å². The van der Waals surface area contributed by atoms with Crippen LogP contribution in [0.3, 0.4) is 0 Å². The van der Waals surface area contributed by atoms with Crippen LogP contribution in [0.15, 0.2) is 0 Å². The Morgan fingerprint density at radius 1 is 1.42 bits per heavy atom. The summed E-state index contributed by atoms with van der Waals surface area (Å²) in [5, 5.41) is 3.32. The van der Waals surface area contributed by atoms with Crippen LogP contribution in [0.2, 0.25) is 0 Å². The molecule has 0 heterocycles. The van der Waals surface area contributed by atoms with Gasteiger partial charge in [0, 0.05) is 19.7 Å². The van der Waals surface area contributed by atoms with Crippen molar-refractivity contribution in [1.82, 2.24) is 5.32 Å². The highest BCUT2D eigenvalue weighted by molar-refractivity contribution is 4.64. The van der Waals surface area contributed by atoms with E-state index in [1.807, 2.05) is 0 Å². The summed E-state index contributed by atoms with van der Waals surface area (Å²) in [6.45, 7) is 6.95. The minimum absolute atomic E-state index is 0.124. The number of hydrogen-bond acceptors (Lipinski definition) is 3. The quantitative estimate of drug-likeness (QED) is 0.594. The van der Waals surface area contributed by atoms with E-state index < -0.39 is 0 Å². The molecule has 0 saturated carbocycles. The van der Waals surface area contributed by atoms with Gasteiger partial charge < -0.3 is 15.8 Å². The van der Waals surface area contributed by atoms with Crippen molar-refractivity contribution < 1.29 is 4.74 Å². The molecule has 12 heavy (non-hydrogen) atoms. The molecule has 0 aromatic rings. The summed E-state index contributed by atoms with van der Waals surface area (Å²) in [7, 11) is 1.68. The van der Waals surface area contributed by atoms with Crippen molar-refractivity contribution >= 4 is 0 Å². The standard InChI is InChI=1S/C9H22N2O/c1-4-8(2)5-11-6-9(10)7-12-3/h8-9,11H,4-7,10H2,1-3H3. The second-order valence-electron chi connectivity index (χ2n) is 3.39. The first-order valence-electron chi connectivity index (χ1n) is 4.65. The van der Waals surface area contributed by atoms with Crippen LogP contribution in [0.25, 0.3) is 0 Å². The van der Waals surface area contributed by atoms with E-state index in [4.69, 9.17) is 10.5 Å². The molecule has 74 valence electrons. The lowest BCUT2D eigenvalue weighted by molar-refractivity contribution is 0.178. The molecule has 0 aliphatic carbocycles. The van der Waals surface area contributed by atoms with Crippen LogP contribution in [-0.2, 0) is 4.74 Å². The number of hydrogen-bond donors (Lipinski definition) is 2. The van der Waals surface area contributed by atoms with E-state index in [0.717, 1.165) is 19.0 Å². The summed E-state index contributed by atoms with van der Waals surface area (Å²) < 4.78 is 4.92. The van der Waals surface area contributed by atoms with Gasteiger partial charge >= 0.3 is 0 Å². The van der Waals surface area contributed by atoms with Gasteiger partial charge in [-0.3, -0.25) is 0 Å². The van der Waals surface area contributed by atoms with Crippen LogP contribution >= 0.6 is 0 Å². The Hall–Kier alpha value is -0.120. The number of ether oxygens (including phenoxy) is 1. The van der Waals surface area contributed by atoms with Crippen molar-refractivity contribution in [3.63, 3.8) is 0 Å². The minimum Gasteiger partial charge on any atom is -0.383 e. The number of rotatable bonds is 7. The van der Waals surface area contributed by atoms with Gasteiger partial charge in [-0.25, -0.2) is 0 Å². The second-order valence-corrected chi connectivity index (χ2v) is 3.39. The van der Waals surface area contributed by atoms with Gasteiger partial charge in [0.15, 0.2) is 0 Å². The molecular formula is C9H22N2O. The molecule has 0 aliphatic rings. The van der Waals surface area contributed by atoms with Gasteiger partial charge in [0.1, 0.15) is 0 Å². The highest BCUT2D eigenvalue weighted by Crippen LogP contribution is 1.96. The second kappa shape index (κ2) is 7.53. The summed E-state index contributed by atoms with van der Waals surface area (Å²) in [5.41, 5.74) is 5.72. The number of nitrogens with one attached hydrogen (secondary N) is 1. The van der Waals surface area contributed by atoms with Crippen molar-refractivity contribution in [2.24, 2.45) is 11.7 Å². The van der Waals surface area contributed by atoms with Crippen LogP contribution in [-0.4, -0.2) is 32.8 Å². The minimum atomic E-state index is 0.124. The molecule has 0 radical (unpaired) electrons. The van der Waals surface area contributed by atoms with Gasteiger partial charge in [0.25, 0.3) is 0 Å². The molecular weight excluding hydrogens is 152 g/mol. The zero-order valence-corrected chi connectivity index (χ0v) is 8.47. The van der Waals surface area contributed by atoms with Crippen molar-refractivity contribution in [2.45, 2.75) is 26.3 Å². The van der Waals surface area contributed by atoms with E-state index in [2.05, 4.69) is 19.2 Å². The molecule has 3 N–H and O–H groups in total. The van der Waals surface area contributed by atoms with Crippen LogP contribution in [0.4, 0.5) is 0 Å². The molecule has 0 bridgehead atoms. The fourth-order valence-corrected chi connectivity index (χ4v) is 0.932. The maximum absolute atomic E-state index is 5.72. The molecule has 0 fully saturated rings. The first-order chi connectivity index (χ1) is 5.70. The first kappa shape index (κ1) is 11.9. The molecule has 0 saturated heterocycles. The highest BCUT2D eigenvalue weighted by atomic mass is 16.5. The summed E-state index contributed by atoms with van der Waals surface area (Å²) in [6.07, 6.45) is 1.21. The van der Waals surface area contributed by atoms with Crippen LogP contribution in [0.5, 0.6) is 0 Å². The average molecular weight is 174 g/mol. The lowest BCUT2D eigenvalue weighted by Gasteiger charge is -2.14. The molecule has 0 aromatic carbocycles. The Kier molecular flexibility index (Phi) is 7.45. The van der Waals surface area contributed by atoms with E-state index >= 15 is 0 Å². The molecule has 2 unspecified atom stereocenters. The Bertz CT molecular complexity index is 98.5. The Morgan fingerprint density at radius 3 is 2.58 bits per heavy atom. The molecule has 0 aliphatic heterocycles. The molecule has 2 atom stereocenters. The van der Waals surface area contributed by atoms with E-state index in [1.165, 1.54) is 6.42 Å². The van der Waals surface area contributed by atoms with Gasteiger partial charge in [0.2, 0.25) is 0 Å². The smallest absolute Gasteiger partial charge is 0.0626 e. The summed E-state index contributed by atoms with van der Waals surface area (Å²) in [6, 6.07) is 0.124. The van der Waals surface area contributed by atoms with E-state index in [-0.39, 0.29) is 6.04 Å². The summed E-state index contributed by atoms with van der Waals surface area (Å²) in [4.78, 5) is 0. The average Bonchev–Trinajstić information content (AvgIpc) is 2.04. The predicted octanol–water partition coefficient (Wildman–Crippen LogP) is 0.596. The van der Waals surface area contributed by atoms with Crippen molar-refractivity contribution in [2.75, 3.05) is 26.8 Å². The third-order valence-corrected chi connectivity index (χ3v) is 1.98. The van der Waals surface area contributed by atoms with E-state index in [1.54, 1.807) is 7.11 Å². The van der Waals surface area contributed by atoms with Gasteiger partial charge in [0.05, 0.1) is 6.61 Å². The van der Waals surface area contributed by atoms with Crippen molar-refractivity contribution in [3.05, 3.63) is 0 Å². The lowest BCUT2D eigenvalue weighted by Crippen LogP contribution is -2.38. The summed E-state index contributed by atoms with van der Waals surface area (Å²) >= 11 is 0. The van der Waals surface area contributed by atoms with E-state index in [0.29, 0.717) is 6.61 Å². The lowest BCUT2D eigenvalue weighted by atomic mass is 10.1. The number of methoxy groups -OCH3 is 1. The number of nitrogens with two attached hydrogens (primary N) is 1. The van der Waals surface area contributed by atoms with Gasteiger partial charge in [-0.1, -0.05) is 20.3 Å². The molecule has 0 aromatic heterocycles. The topological polar surface area (TPSA) is 47.3 Å².